The number of nitrogens with zero attached hydrogens (tertiary/aromatic N) is 1. The summed E-state index contributed by atoms with van der Waals surface area (Å²) in [6, 6.07) is 58.2. The summed E-state index contributed by atoms with van der Waals surface area (Å²) in [5, 5.41) is 4.18. The fourth-order valence-corrected chi connectivity index (χ4v) is 11.6. The first-order chi connectivity index (χ1) is 32.4. The summed E-state index contributed by atoms with van der Waals surface area (Å²) in [6.45, 7) is 9.23. The van der Waals surface area contributed by atoms with Gasteiger partial charge in [0, 0.05) is 34.3 Å². The van der Waals surface area contributed by atoms with Crippen LogP contribution >= 0.6 is 0 Å². The van der Waals surface area contributed by atoms with Crippen molar-refractivity contribution in [2.75, 3.05) is 10.2 Å². The number of benzene rings is 7. The smallest absolute Gasteiger partial charge is 0.197 e. The Kier molecular flexibility index (Phi) is 10.8. The molecule has 7 aromatic rings. The van der Waals surface area contributed by atoms with Crippen LogP contribution in [0.25, 0.3) is 22.2 Å². The van der Waals surface area contributed by atoms with E-state index in [4.69, 9.17) is 7.85 Å². The molecule has 2 heterocycles. The Labute approximate surface area is 393 Å². The minimum Gasteiger partial charge on any atom is -0.358 e. The summed E-state index contributed by atoms with van der Waals surface area (Å²) in [5.74, 6) is -0.000808. The van der Waals surface area contributed by atoms with Crippen LogP contribution in [0.2, 0.25) is 0 Å². The van der Waals surface area contributed by atoms with Gasteiger partial charge in [-0.1, -0.05) is 193 Å². The van der Waals surface area contributed by atoms with Crippen molar-refractivity contribution in [3.8, 4) is 11.1 Å². The first kappa shape index (κ1) is 41.7. The number of para-hydroxylation sites is 1. The lowest BCUT2D eigenvalue weighted by atomic mass is 9.53. The van der Waals surface area contributed by atoms with E-state index in [1.165, 1.54) is 100 Å². The van der Waals surface area contributed by atoms with Gasteiger partial charge in [-0.15, -0.1) is 0 Å². The second-order valence-corrected chi connectivity index (χ2v) is 18.3. The van der Waals surface area contributed by atoms with Gasteiger partial charge in [0.2, 0.25) is 0 Å². The minimum atomic E-state index is -0.561. The third-order valence-electron chi connectivity index (χ3n) is 14.7. The molecule has 0 bridgehead atoms. The van der Waals surface area contributed by atoms with Crippen molar-refractivity contribution in [3.63, 3.8) is 0 Å². The van der Waals surface area contributed by atoms with E-state index in [1.54, 1.807) is 0 Å². The molecule has 1 atom stereocenters. The molecule has 2 aliphatic heterocycles. The largest absolute Gasteiger partial charge is 0.358 e. The Morgan fingerprint density at radius 1 is 0.697 bits per heavy atom. The molecule has 0 aromatic heterocycles. The summed E-state index contributed by atoms with van der Waals surface area (Å²) in [7, 11) is 9.25. The Balaban J connectivity index is 1.25. The Bertz CT molecular complexity index is 3160. The van der Waals surface area contributed by atoms with E-state index >= 15 is 0 Å². The molecular formula is C62H53B2N2. The lowest BCUT2D eigenvalue weighted by molar-refractivity contribution is 0.675. The van der Waals surface area contributed by atoms with Crippen LogP contribution in [0.1, 0.15) is 89.1 Å². The number of hydrogen-bond acceptors (Lipinski definition) is 2. The third kappa shape index (κ3) is 6.72. The van der Waals surface area contributed by atoms with Gasteiger partial charge in [0.15, 0.2) is 7.28 Å². The van der Waals surface area contributed by atoms with Crippen molar-refractivity contribution in [2.24, 2.45) is 0 Å². The zero-order valence-corrected chi connectivity index (χ0v) is 38.4. The molecule has 3 radical (unpaired) electrons. The molecule has 2 aliphatic carbocycles. The number of aryl methyl sites for hydroxylation is 2. The normalized spacial score (nSPS) is 17.1. The Morgan fingerprint density at radius 2 is 1.39 bits per heavy atom. The van der Waals surface area contributed by atoms with Crippen molar-refractivity contribution in [2.45, 2.75) is 64.7 Å². The van der Waals surface area contributed by atoms with Crippen LogP contribution in [0.5, 0.6) is 0 Å². The predicted molar refractivity (Wildman–Crippen MR) is 282 cm³/mol. The summed E-state index contributed by atoms with van der Waals surface area (Å²) in [4.78, 5) is 2.57. The molecule has 1 unspecified atom stereocenters. The molecule has 4 aliphatic rings. The van der Waals surface area contributed by atoms with E-state index in [0.717, 1.165) is 42.5 Å². The highest BCUT2D eigenvalue weighted by Crippen LogP contribution is 2.56. The van der Waals surface area contributed by atoms with Gasteiger partial charge >= 0.3 is 0 Å². The molecule has 11 rings (SSSR count). The van der Waals surface area contributed by atoms with Gasteiger partial charge in [-0.3, -0.25) is 0 Å². The monoisotopic (exact) mass is 847 g/mol. The molecule has 66 heavy (non-hydrogen) atoms. The van der Waals surface area contributed by atoms with Crippen LogP contribution in [-0.2, 0) is 11.8 Å². The van der Waals surface area contributed by atoms with Crippen LogP contribution in [-0.4, -0.2) is 15.1 Å². The summed E-state index contributed by atoms with van der Waals surface area (Å²) < 4.78 is 0. The molecule has 7 aromatic carbocycles. The van der Waals surface area contributed by atoms with Gasteiger partial charge in [-0.25, -0.2) is 0 Å². The summed E-state index contributed by atoms with van der Waals surface area (Å²) in [6.07, 6.45) is 15.4. The number of rotatable bonds is 8. The van der Waals surface area contributed by atoms with Crippen molar-refractivity contribution in [1.29, 1.82) is 0 Å². The highest BCUT2D eigenvalue weighted by molar-refractivity contribution is 6.76. The Morgan fingerprint density at radius 3 is 2.12 bits per heavy atom. The zero-order valence-electron chi connectivity index (χ0n) is 38.4. The van der Waals surface area contributed by atoms with Crippen LogP contribution in [0.4, 0.5) is 17.1 Å². The zero-order chi connectivity index (χ0) is 44.9. The van der Waals surface area contributed by atoms with Gasteiger partial charge in [0.25, 0.3) is 0 Å². The molecule has 317 valence electrons. The van der Waals surface area contributed by atoms with E-state index in [2.05, 4.69) is 233 Å². The number of fused-ring (bicyclic) bond motifs is 2. The molecule has 4 heteroatoms. The molecule has 0 spiro atoms. The lowest BCUT2D eigenvalue weighted by Gasteiger charge is -2.46. The predicted octanol–water partition coefficient (Wildman–Crippen LogP) is 13.7. The first-order valence-electron chi connectivity index (χ1n) is 23.7. The van der Waals surface area contributed by atoms with Gasteiger partial charge in [0.05, 0.1) is 11.1 Å². The number of hydrogen-bond donors (Lipinski definition) is 1. The highest BCUT2D eigenvalue weighted by Gasteiger charge is 2.47. The molecule has 1 N–H and O–H groups in total. The average Bonchev–Trinajstić information content (AvgIpc) is 3.36. The quantitative estimate of drug-likeness (QED) is 0.153. The van der Waals surface area contributed by atoms with Crippen molar-refractivity contribution >= 4 is 54.2 Å². The average molecular weight is 848 g/mol. The fourth-order valence-electron chi connectivity index (χ4n) is 11.6. The molecular weight excluding hydrogens is 794 g/mol. The van der Waals surface area contributed by atoms with Crippen LogP contribution in [0.3, 0.4) is 0 Å². The standard InChI is InChI=1S/C62H53B2N2/c1-5-43-23-16-18-31-49(43)59-42(4)66(56-37-36-47(63)38-52(56)44-24-9-6-10-25-44)57-39-51(48-30-17-15-22-40(48)2)41(3)58(60(57)64-59)50-32-21-34-54-61(50)65-55-35-20-19-33-53(55)62(54,45-26-11-7-12-27-45)46-28-13-8-14-29-46/h6-9,11-24,26-31,33-39,50,65H,5,10,25,32H2,1-4H3. The SMILES string of the molecule is [B]c1ccc(N2C(C)=C(c3ccccc3CC)[B]c3c2cc(-c2ccccc2C)c(C)c3C2CC=CC3=C2Nc2ccccc2C3(c2ccccc2)c2ccccc2)c(C2=CC=CCC2)c1. The number of anilines is 3. The van der Waals surface area contributed by atoms with Gasteiger partial charge in [0.1, 0.15) is 7.85 Å². The second-order valence-electron chi connectivity index (χ2n) is 18.3. The topological polar surface area (TPSA) is 15.3 Å². The Hall–Kier alpha value is -7.03. The molecule has 0 amide bonds. The molecule has 0 saturated heterocycles. The van der Waals surface area contributed by atoms with Gasteiger partial charge < -0.3 is 10.2 Å². The first-order valence-corrected chi connectivity index (χ1v) is 23.7. The van der Waals surface area contributed by atoms with Crippen LogP contribution in [0.15, 0.2) is 205 Å². The number of nitrogens with one attached hydrogen (secondary N) is 1. The van der Waals surface area contributed by atoms with Gasteiger partial charge in [-0.2, -0.15) is 0 Å². The maximum atomic E-state index is 6.71. The molecule has 0 fully saturated rings. The third-order valence-corrected chi connectivity index (χ3v) is 14.7. The van der Waals surface area contributed by atoms with E-state index in [0.29, 0.717) is 0 Å². The van der Waals surface area contributed by atoms with E-state index in [-0.39, 0.29) is 5.92 Å². The van der Waals surface area contributed by atoms with Crippen molar-refractivity contribution in [3.05, 3.63) is 255 Å². The van der Waals surface area contributed by atoms with E-state index in [9.17, 15) is 0 Å². The maximum Gasteiger partial charge on any atom is 0.197 e. The molecule has 0 saturated carbocycles. The van der Waals surface area contributed by atoms with Gasteiger partial charge in [-0.05, 0) is 131 Å². The van der Waals surface area contributed by atoms with Crippen LogP contribution in [0, 0.1) is 13.8 Å². The van der Waals surface area contributed by atoms with Crippen molar-refractivity contribution < 1.29 is 0 Å². The fraction of sp³-hybridized carbons (Fsp3) is 0.161. The second kappa shape index (κ2) is 17.1. The van der Waals surface area contributed by atoms with Crippen molar-refractivity contribution in [1.82, 2.24) is 0 Å². The van der Waals surface area contributed by atoms with E-state index in [1.807, 2.05) is 0 Å². The summed E-state index contributed by atoms with van der Waals surface area (Å²) >= 11 is 0. The highest BCUT2D eigenvalue weighted by atomic mass is 15.2. The number of allylic oxidation sites excluding steroid dienone is 9. The lowest BCUT2D eigenvalue weighted by Crippen LogP contribution is -2.41. The van der Waals surface area contributed by atoms with Crippen LogP contribution < -0.4 is 21.1 Å². The minimum absolute atomic E-state index is 0.000808. The van der Waals surface area contributed by atoms with E-state index < -0.39 is 5.41 Å². The maximum absolute atomic E-state index is 6.71. The molecule has 2 nitrogen and oxygen atoms in total. The summed E-state index contributed by atoms with van der Waals surface area (Å²) in [5.41, 5.74) is 25.2.